The van der Waals surface area contributed by atoms with Crippen molar-refractivity contribution in [3.8, 4) is 0 Å². The second kappa shape index (κ2) is 4.20. The predicted octanol–water partition coefficient (Wildman–Crippen LogP) is 0.881. The first-order chi connectivity index (χ1) is 9.99. The van der Waals surface area contributed by atoms with Gasteiger partial charge in [0.15, 0.2) is 5.72 Å². The summed E-state index contributed by atoms with van der Waals surface area (Å²) in [4.78, 5) is 16.3. The van der Waals surface area contributed by atoms with Crippen molar-refractivity contribution in [1.82, 2.24) is 14.7 Å². The van der Waals surface area contributed by atoms with Crippen LogP contribution in [-0.2, 0) is 17.8 Å². The summed E-state index contributed by atoms with van der Waals surface area (Å²) in [5.41, 5.74) is 7.37. The van der Waals surface area contributed by atoms with Gasteiger partial charge in [-0.3, -0.25) is 20.2 Å². The summed E-state index contributed by atoms with van der Waals surface area (Å²) in [7, 11) is 2.09. The molecule has 2 fully saturated rings. The van der Waals surface area contributed by atoms with Gasteiger partial charge in [0.2, 0.25) is 0 Å². The van der Waals surface area contributed by atoms with Crippen molar-refractivity contribution in [2.24, 2.45) is 5.73 Å². The van der Waals surface area contributed by atoms with Gasteiger partial charge in [0.1, 0.15) is 0 Å². The zero-order valence-corrected chi connectivity index (χ0v) is 12.5. The SMILES string of the molecule is C[C@H]1Cn2ncc(N3C(=O)OC4(N)CCCC34)c2CN1C. The lowest BCUT2D eigenvalue weighted by Gasteiger charge is -2.32. The smallest absolute Gasteiger partial charge is 0.416 e. The molecule has 114 valence electrons. The molecule has 0 bridgehead atoms. The van der Waals surface area contributed by atoms with E-state index in [1.807, 2.05) is 4.68 Å². The second-order valence-electron chi connectivity index (χ2n) is 6.52. The molecule has 7 heteroatoms. The van der Waals surface area contributed by atoms with E-state index in [0.29, 0.717) is 6.04 Å². The lowest BCUT2D eigenvalue weighted by Crippen LogP contribution is -2.48. The highest BCUT2D eigenvalue weighted by Gasteiger charge is 2.55. The van der Waals surface area contributed by atoms with Crippen LogP contribution in [-0.4, -0.2) is 45.6 Å². The molecule has 1 saturated carbocycles. The van der Waals surface area contributed by atoms with Crippen LogP contribution in [0.25, 0.3) is 0 Å². The number of hydrogen-bond donors (Lipinski definition) is 1. The van der Waals surface area contributed by atoms with Gasteiger partial charge >= 0.3 is 6.09 Å². The highest BCUT2D eigenvalue weighted by Crippen LogP contribution is 2.42. The van der Waals surface area contributed by atoms with E-state index in [2.05, 4.69) is 24.0 Å². The topological polar surface area (TPSA) is 76.6 Å². The zero-order valence-electron chi connectivity index (χ0n) is 12.5. The molecule has 21 heavy (non-hydrogen) atoms. The molecule has 4 rings (SSSR count). The van der Waals surface area contributed by atoms with Crippen molar-refractivity contribution in [2.75, 3.05) is 11.9 Å². The molecule has 1 aliphatic carbocycles. The number of nitrogens with two attached hydrogens (primary N) is 1. The molecule has 1 aromatic heterocycles. The molecule has 2 N–H and O–H groups in total. The van der Waals surface area contributed by atoms with Gasteiger partial charge in [0, 0.05) is 19.0 Å². The average molecular weight is 291 g/mol. The van der Waals surface area contributed by atoms with Crippen LogP contribution in [0.4, 0.5) is 10.5 Å². The minimum atomic E-state index is -0.820. The first-order valence-electron chi connectivity index (χ1n) is 7.55. The van der Waals surface area contributed by atoms with Gasteiger partial charge in [0.25, 0.3) is 0 Å². The molecular formula is C14H21N5O2. The standard InChI is InChI=1S/C14H21N5O2/c1-9-7-18-11(8-17(9)2)10(6-16-18)19-12-4-3-5-14(12,15)21-13(19)20/h6,9,12H,3-5,7-8,15H2,1-2H3/t9-,12?,14?/m0/s1. The van der Waals surface area contributed by atoms with Crippen LogP contribution in [0.5, 0.6) is 0 Å². The number of ether oxygens (including phenoxy) is 1. The van der Waals surface area contributed by atoms with Crippen molar-refractivity contribution in [3.63, 3.8) is 0 Å². The van der Waals surface area contributed by atoms with E-state index >= 15 is 0 Å². The highest BCUT2D eigenvalue weighted by atomic mass is 16.6. The Hall–Kier alpha value is -1.60. The summed E-state index contributed by atoms with van der Waals surface area (Å²) in [6.07, 6.45) is 4.07. The molecule has 1 aromatic rings. The number of nitrogens with zero attached hydrogens (tertiary/aromatic N) is 4. The van der Waals surface area contributed by atoms with Gasteiger partial charge < -0.3 is 4.74 Å². The molecule has 3 aliphatic rings. The molecular weight excluding hydrogens is 270 g/mol. The number of anilines is 1. The van der Waals surface area contributed by atoms with Crippen LogP contribution in [0.1, 0.15) is 31.9 Å². The average Bonchev–Trinajstić information content (AvgIpc) is 3.02. The van der Waals surface area contributed by atoms with Crippen LogP contribution in [0.2, 0.25) is 0 Å². The van der Waals surface area contributed by atoms with Gasteiger partial charge in [-0.15, -0.1) is 0 Å². The quantitative estimate of drug-likeness (QED) is 0.831. The number of aromatic nitrogens is 2. The van der Waals surface area contributed by atoms with Crippen LogP contribution < -0.4 is 10.6 Å². The minimum Gasteiger partial charge on any atom is -0.425 e. The van der Waals surface area contributed by atoms with Crippen molar-refractivity contribution in [3.05, 3.63) is 11.9 Å². The van der Waals surface area contributed by atoms with E-state index < -0.39 is 5.72 Å². The van der Waals surface area contributed by atoms with Gasteiger partial charge in [-0.05, 0) is 26.8 Å². The third kappa shape index (κ3) is 1.74. The largest absolute Gasteiger partial charge is 0.425 e. The molecule has 1 amide bonds. The third-order valence-corrected chi connectivity index (χ3v) is 5.17. The van der Waals surface area contributed by atoms with Crippen LogP contribution in [0.3, 0.4) is 0 Å². The van der Waals surface area contributed by atoms with Crippen LogP contribution in [0, 0.1) is 0 Å². The molecule has 7 nitrogen and oxygen atoms in total. The van der Waals surface area contributed by atoms with E-state index in [-0.39, 0.29) is 12.1 Å². The summed E-state index contributed by atoms with van der Waals surface area (Å²) >= 11 is 0. The van der Waals surface area contributed by atoms with Crippen LogP contribution >= 0.6 is 0 Å². The first-order valence-corrected chi connectivity index (χ1v) is 7.55. The van der Waals surface area contributed by atoms with Gasteiger partial charge in [-0.25, -0.2) is 4.79 Å². The van der Waals surface area contributed by atoms with Crippen molar-refractivity contribution in [1.29, 1.82) is 0 Å². The maximum atomic E-state index is 12.3. The molecule has 2 unspecified atom stereocenters. The number of rotatable bonds is 1. The highest BCUT2D eigenvalue weighted by molar-refractivity contribution is 5.92. The Morgan fingerprint density at radius 2 is 2.33 bits per heavy atom. The fraction of sp³-hybridized carbons (Fsp3) is 0.714. The fourth-order valence-electron chi connectivity index (χ4n) is 3.76. The Morgan fingerprint density at radius 3 is 3.14 bits per heavy atom. The third-order valence-electron chi connectivity index (χ3n) is 5.17. The maximum Gasteiger partial charge on any atom is 0.416 e. The molecule has 1 saturated heterocycles. The second-order valence-corrected chi connectivity index (χ2v) is 6.52. The van der Waals surface area contributed by atoms with Crippen LogP contribution in [0.15, 0.2) is 6.20 Å². The van der Waals surface area contributed by atoms with Gasteiger partial charge in [-0.1, -0.05) is 0 Å². The van der Waals surface area contributed by atoms with Crippen molar-refractivity contribution < 1.29 is 9.53 Å². The summed E-state index contributed by atoms with van der Waals surface area (Å²) in [6, 6.07) is 0.374. The number of carbonyl (C=O) groups excluding carboxylic acids is 1. The Balaban J connectivity index is 1.73. The Labute approximate surface area is 123 Å². The molecule has 3 heterocycles. The number of likely N-dealkylation sites (N-methyl/N-ethyl adjacent to an activating group) is 1. The first kappa shape index (κ1) is 13.1. The molecule has 0 radical (unpaired) electrons. The molecule has 0 spiro atoms. The molecule has 3 atom stereocenters. The fourth-order valence-corrected chi connectivity index (χ4v) is 3.76. The number of carbonyl (C=O) groups is 1. The summed E-state index contributed by atoms with van der Waals surface area (Å²) in [5, 5.41) is 4.46. The number of hydrogen-bond acceptors (Lipinski definition) is 5. The number of fused-ring (bicyclic) bond motifs is 2. The Bertz CT molecular complexity index is 600. The Morgan fingerprint density at radius 1 is 1.52 bits per heavy atom. The predicted molar refractivity (Wildman–Crippen MR) is 76.7 cm³/mol. The summed E-state index contributed by atoms with van der Waals surface area (Å²) in [5.74, 6) is 0. The van der Waals surface area contributed by atoms with Crippen molar-refractivity contribution >= 4 is 11.8 Å². The maximum absolute atomic E-state index is 12.3. The van der Waals surface area contributed by atoms with E-state index in [4.69, 9.17) is 10.5 Å². The Kier molecular flexibility index (Phi) is 2.62. The van der Waals surface area contributed by atoms with E-state index in [1.54, 1.807) is 11.1 Å². The number of amides is 1. The van der Waals surface area contributed by atoms with Gasteiger partial charge in [0.05, 0.1) is 30.2 Å². The van der Waals surface area contributed by atoms with Gasteiger partial charge in [-0.2, -0.15) is 5.10 Å². The zero-order chi connectivity index (χ0) is 14.8. The summed E-state index contributed by atoms with van der Waals surface area (Å²) < 4.78 is 7.46. The van der Waals surface area contributed by atoms with Crippen molar-refractivity contribution in [2.45, 2.75) is 57.1 Å². The lowest BCUT2D eigenvalue weighted by molar-refractivity contribution is 0.0540. The van der Waals surface area contributed by atoms with E-state index in [9.17, 15) is 4.79 Å². The normalized spacial score (nSPS) is 35.8. The molecule has 0 aromatic carbocycles. The summed E-state index contributed by atoms with van der Waals surface area (Å²) in [6.45, 7) is 3.80. The molecule has 2 aliphatic heterocycles. The minimum absolute atomic E-state index is 0.0662. The van der Waals surface area contributed by atoms with E-state index in [0.717, 1.165) is 43.7 Å². The lowest BCUT2D eigenvalue weighted by atomic mass is 10.1. The van der Waals surface area contributed by atoms with E-state index in [1.165, 1.54) is 0 Å². The monoisotopic (exact) mass is 291 g/mol.